The highest BCUT2D eigenvalue weighted by Crippen LogP contribution is 2.20. The molecule has 0 spiro atoms. The van der Waals surface area contributed by atoms with Gasteiger partial charge in [0.25, 0.3) is 0 Å². The molecule has 0 unspecified atom stereocenters. The van der Waals surface area contributed by atoms with Crippen LogP contribution in [0.5, 0.6) is 0 Å². The van der Waals surface area contributed by atoms with E-state index in [1.807, 2.05) is 12.1 Å². The van der Waals surface area contributed by atoms with Crippen LogP contribution >= 0.6 is 0 Å². The van der Waals surface area contributed by atoms with E-state index in [1.54, 1.807) is 19.1 Å². The van der Waals surface area contributed by atoms with Crippen LogP contribution in [-0.2, 0) is 9.53 Å². The Hall–Kier alpha value is -1.84. The summed E-state index contributed by atoms with van der Waals surface area (Å²) in [5, 5.41) is 0. The van der Waals surface area contributed by atoms with Crippen molar-refractivity contribution < 1.29 is 14.3 Å². The van der Waals surface area contributed by atoms with Gasteiger partial charge in [0.1, 0.15) is 6.42 Å². The number of ether oxygens (including phenoxy) is 1. The van der Waals surface area contributed by atoms with E-state index in [1.165, 1.54) is 19.3 Å². The minimum Gasteiger partial charge on any atom is -0.466 e. The van der Waals surface area contributed by atoms with E-state index in [4.69, 9.17) is 4.74 Å². The minimum absolute atomic E-state index is 0.184. The number of nitrogens with zero attached hydrogens (tertiary/aromatic N) is 1. The summed E-state index contributed by atoms with van der Waals surface area (Å²) in [6, 6.07) is 7.52. The average Bonchev–Trinajstić information content (AvgIpc) is 2.48. The van der Waals surface area contributed by atoms with Crippen LogP contribution < -0.4 is 4.90 Å². The van der Waals surface area contributed by atoms with Gasteiger partial charge < -0.3 is 9.64 Å². The van der Waals surface area contributed by atoms with Crippen LogP contribution in [0, 0.1) is 0 Å². The molecule has 1 fully saturated rings. The maximum absolute atomic E-state index is 11.9. The molecule has 0 N–H and O–H groups in total. The zero-order valence-corrected chi connectivity index (χ0v) is 11.9. The Balaban J connectivity index is 1.96. The number of anilines is 1. The Morgan fingerprint density at radius 1 is 1.10 bits per heavy atom. The number of piperidine rings is 1. The summed E-state index contributed by atoms with van der Waals surface area (Å²) in [6.07, 6.45) is 3.57. The van der Waals surface area contributed by atoms with Gasteiger partial charge in [-0.05, 0) is 50.5 Å². The Bertz CT molecular complexity index is 461. The molecule has 0 radical (unpaired) electrons. The van der Waals surface area contributed by atoms with E-state index in [-0.39, 0.29) is 12.2 Å². The molecule has 0 bridgehead atoms. The van der Waals surface area contributed by atoms with E-state index >= 15 is 0 Å². The second kappa shape index (κ2) is 7.08. The molecular weight excluding hydrogens is 254 g/mol. The number of Topliss-reactive ketones (excluding diaryl/α,β-unsaturated/α-hetero) is 1. The molecule has 1 aromatic rings. The molecule has 1 aliphatic rings. The van der Waals surface area contributed by atoms with Crippen molar-refractivity contribution in [2.24, 2.45) is 0 Å². The van der Waals surface area contributed by atoms with Gasteiger partial charge in [0.2, 0.25) is 0 Å². The number of esters is 1. The Morgan fingerprint density at radius 2 is 1.75 bits per heavy atom. The molecule has 2 rings (SSSR count). The number of rotatable bonds is 5. The van der Waals surface area contributed by atoms with Gasteiger partial charge in [-0.2, -0.15) is 0 Å². The van der Waals surface area contributed by atoms with Crippen molar-refractivity contribution in [3.05, 3.63) is 29.8 Å². The summed E-state index contributed by atoms with van der Waals surface area (Å²) >= 11 is 0. The molecule has 4 heteroatoms. The van der Waals surface area contributed by atoms with E-state index in [0.29, 0.717) is 12.2 Å². The third-order valence-electron chi connectivity index (χ3n) is 3.52. The summed E-state index contributed by atoms with van der Waals surface area (Å²) in [5.74, 6) is -0.647. The van der Waals surface area contributed by atoms with Gasteiger partial charge in [-0.3, -0.25) is 9.59 Å². The van der Waals surface area contributed by atoms with Gasteiger partial charge in [0, 0.05) is 24.3 Å². The van der Waals surface area contributed by atoms with Crippen LogP contribution in [0.15, 0.2) is 24.3 Å². The fourth-order valence-corrected chi connectivity index (χ4v) is 2.46. The number of carbonyl (C=O) groups is 2. The van der Waals surface area contributed by atoms with Crippen LogP contribution in [0.25, 0.3) is 0 Å². The summed E-state index contributed by atoms with van der Waals surface area (Å²) in [4.78, 5) is 25.5. The topological polar surface area (TPSA) is 46.6 Å². The number of hydrogen-bond donors (Lipinski definition) is 0. The zero-order valence-electron chi connectivity index (χ0n) is 11.9. The van der Waals surface area contributed by atoms with Crippen molar-refractivity contribution in [3.63, 3.8) is 0 Å². The van der Waals surface area contributed by atoms with Crippen molar-refractivity contribution >= 4 is 17.4 Å². The molecule has 0 aromatic heterocycles. The molecule has 4 nitrogen and oxygen atoms in total. The molecule has 1 aromatic carbocycles. The van der Waals surface area contributed by atoms with Crippen molar-refractivity contribution in [2.75, 3.05) is 24.6 Å². The number of hydrogen-bond acceptors (Lipinski definition) is 4. The third kappa shape index (κ3) is 3.83. The third-order valence-corrected chi connectivity index (χ3v) is 3.52. The van der Waals surface area contributed by atoms with Gasteiger partial charge in [-0.25, -0.2) is 0 Å². The highest BCUT2D eigenvalue weighted by molar-refractivity contribution is 6.06. The molecule has 0 atom stereocenters. The Morgan fingerprint density at radius 3 is 2.35 bits per heavy atom. The first-order valence-electron chi connectivity index (χ1n) is 7.24. The van der Waals surface area contributed by atoms with Gasteiger partial charge in [-0.15, -0.1) is 0 Å². The molecule has 1 saturated heterocycles. The summed E-state index contributed by atoms with van der Waals surface area (Å²) in [5.41, 5.74) is 1.72. The lowest BCUT2D eigenvalue weighted by Gasteiger charge is -2.28. The molecular formula is C16H21NO3. The van der Waals surface area contributed by atoms with Crippen molar-refractivity contribution in [2.45, 2.75) is 32.6 Å². The van der Waals surface area contributed by atoms with E-state index in [0.717, 1.165) is 18.8 Å². The molecule has 0 saturated carbocycles. The molecule has 0 aliphatic carbocycles. The molecule has 1 aliphatic heterocycles. The lowest BCUT2D eigenvalue weighted by atomic mass is 10.1. The predicted molar refractivity (Wildman–Crippen MR) is 78.1 cm³/mol. The average molecular weight is 275 g/mol. The standard InChI is InChI=1S/C16H21NO3/c1-2-20-16(19)12-15(18)13-6-8-14(9-7-13)17-10-4-3-5-11-17/h6-9H,2-5,10-12H2,1H3. The van der Waals surface area contributed by atoms with Crippen molar-refractivity contribution in [1.82, 2.24) is 0 Å². The number of ketones is 1. The first kappa shape index (κ1) is 14.6. The van der Waals surface area contributed by atoms with Crippen molar-refractivity contribution in [3.8, 4) is 0 Å². The molecule has 108 valence electrons. The molecule has 0 amide bonds. The van der Waals surface area contributed by atoms with Crippen LogP contribution in [0.4, 0.5) is 5.69 Å². The highest BCUT2D eigenvalue weighted by Gasteiger charge is 2.14. The van der Waals surface area contributed by atoms with Crippen LogP contribution in [0.1, 0.15) is 43.0 Å². The van der Waals surface area contributed by atoms with Crippen LogP contribution in [-0.4, -0.2) is 31.4 Å². The lowest BCUT2D eigenvalue weighted by Crippen LogP contribution is -2.29. The van der Waals surface area contributed by atoms with Gasteiger partial charge >= 0.3 is 5.97 Å². The van der Waals surface area contributed by atoms with Gasteiger partial charge in [-0.1, -0.05) is 0 Å². The SMILES string of the molecule is CCOC(=O)CC(=O)c1ccc(N2CCCCC2)cc1. The maximum atomic E-state index is 11.9. The fourth-order valence-electron chi connectivity index (χ4n) is 2.46. The van der Waals surface area contributed by atoms with Crippen LogP contribution in [0.3, 0.4) is 0 Å². The van der Waals surface area contributed by atoms with Gasteiger partial charge in [0.05, 0.1) is 6.61 Å². The summed E-state index contributed by atoms with van der Waals surface area (Å²) in [7, 11) is 0. The smallest absolute Gasteiger partial charge is 0.313 e. The second-order valence-electron chi connectivity index (χ2n) is 5.00. The monoisotopic (exact) mass is 275 g/mol. The van der Waals surface area contributed by atoms with Crippen LogP contribution in [0.2, 0.25) is 0 Å². The molecule has 1 heterocycles. The van der Waals surface area contributed by atoms with Gasteiger partial charge in [0.15, 0.2) is 5.78 Å². The second-order valence-corrected chi connectivity index (χ2v) is 5.00. The predicted octanol–water partition coefficient (Wildman–Crippen LogP) is 2.81. The maximum Gasteiger partial charge on any atom is 0.313 e. The van der Waals surface area contributed by atoms with E-state index < -0.39 is 5.97 Å². The summed E-state index contributed by atoms with van der Waals surface area (Å²) < 4.78 is 4.78. The Kier molecular flexibility index (Phi) is 5.16. The van der Waals surface area contributed by atoms with Crippen molar-refractivity contribution in [1.29, 1.82) is 0 Å². The number of benzene rings is 1. The highest BCUT2D eigenvalue weighted by atomic mass is 16.5. The largest absolute Gasteiger partial charge is 0.466 e. The first-order valence-corrected chi connectivity index (χ1v) is 7.24. The number of carbonyl (C=O) groups excluding carboxylic acids is 2. The first-order chi connectivity index (χ1) is 9.70. The summed E-state index contributed by atoms with van der Waals surface area (Å²) in [6.45, 7) is 4.20. The fraction of sp³-hybridized carbons (Fsp3) is 0.500. The lowest BCUT2D eigenvalue weighted by molar-refractivity contribution is -0.141. The molecule has 20 heavy (non-hydrogen) atoms. The zero-order chi connectivity index (χ0) is 14.4. The minimum atomic E-state index is -0.461. The van der Waals surface area contributed by atoms with E-state index in [9.17, 15) is 9.59 Å². The van der Waals surface area contributed by atoms with E-state index in [2.05, 4.69) is 4.90 Å². The normalized spacial score (nSPS) is 14.9. The Labute approximate surface area is 119 Å². The quantitative estimate of drug-likeness (QED) is 0.471.